The summed E-state index contributed by atoms with van der Waals surface area (Å²) in [4.78, 5) is 27.5. The number of nitrogens with zero attached hydrogens (tertiary/aromatic N) is 1. The number of methoxy groups -OCH3 is 3. The summed E-state index contributed by atoms with van der Waals surface area (Å²) >= 11 is 0. The molecule has 0 radical (unpaired) electrons. The summed E-state index contributed by atoms with van der Waals surface area (Å²) in [7, 11) is 4.60. The van der Waals surface area contributed by atoms with Gasteiger partial charge in [0.25, 0.3) is 11.8 Å². The van der Waals surface area contributed by atoms with Crippen molar-refractivity contribution in [3.8, 4) is 17.2 Å². The van der Waals surface area contributed by atoms with Crippen molar-refractivity contribution in [1.29, 1.82) is 0 Å². The Bertz CT molecular complexity index is 939. The van der Waals surface area contributed by atoms with Gasteiger partial charge in [0, 0.05) is 29.8 Å². The van der Waals surface area contributed by atoms with E-state index in [-0.39, 0.29) is 17.9 Å². The van der Waals surface area contributed by atoms with Crippen molar-refractivity contribution in [3.05, 3.63) is 53.1 Å². The van der Waals surface area contributed by atoms with Crippen LogP contribution in [0.15, 0.2) is 36.4 Å². The second-order valence-electron chi connectivity index (χ2n) is 8.02. The molecule has 2 fully saturated rings. The summed E-state index contributed by atoms with van der Waals surface area (Å²) < 4.78 is 16.2. The van der Waals surface area contributed by atoms with Crippen LogP contribution in [0.3, 0.4) is 0 Å². The fourth-order valence-electron chi connectivity index (χ4n) is 3.58. The molecule has 0 bridgehead atoms. The van der Waals surface area contributed by atoms with E-state index in [0.717, 1.165) is 31.2 Å². The Morgan fingerprint density at radius 3 is 2.00 bits per heavy atom. The Hall–Kier alpha value is -3.22. The summed E-state index contributed by atoms with van der Waals surface area (Å²) in [6.07, 6.45) is 4.09. The Morgan fingerprint density at radius 1 is 0.903 bits per heavy atom. The largest absolute Gasteiger partial charge is 0.493 e. The molecule has 0 spiro atoms. The third-order valence-electron chi connectivity index (χ3n) is 5.64. The Kier molecular flexibility index (Phi) is 6.02. The first-order chi connectivity index (χ1) is 15.0. The lowest BCUT2D eigenvalue weighted by Crippen LogP contribution is -2.32. The van der Waals surface area contributed by atoms with Crippen molar-refractivity contribution in [2.45, 2.75) is 44.3 Å². The molecule has 7 nitrogen and oxygen atoms in total. The van der Waals surface area contributed by atoms with Crippen LogP contribution in [-0.2, 0) is 6.54 Å². The normalized spacial score (nSPS) is 15.2. The number of carbonyl (C=O) groups is 2. The quantitative estimate of drug-likeness (QED) is 0.668. The number of ether oxygens (including phenoxy) is 3. The second kappa shape index (κ2) is 8.88. The number of nitrogens with one attached hydrogen (secondary N) is 1. The molecule has 0 atom stereocenters. The van der Waals surface area contributed by atoms with Gasteiger partial charge in [0.15, 0.2) is 11.5 Å². The van der Waals surface area contributed by atoms with Crippen molar-refractivity contribution in [2.24, 2.45) is 0 Å². The van der Waals surface area contributed by atoms with Gasteiger partial charge in [-0.2, -0.15) is 0 Å². The predicted octanol–water partition coefficient (Wildman–Crippen LogP) is 3.41. The van der Waals surface area contributed by atoms with Crippen molar-refractivity contribution in [2.75, 3.05) is 21.3 Å². The monoisotopic (exact) mass is 424 g/mol. The maximum atomic E-state index is 13.4. The summed E-state index contributed by atoms with van der Waals surface area (Å²) in [5.41, 5.74) is 2.11. The molecule has 0 unspecified atom stereocenters. The van der Waals surface area contributed by atoms with Gasteiger partial charge in [-0.15, -0.1) is 0 Å². The van der Waals surface area contributed by atoms with Crippen LogP contribution in [0, 0.1) is 0 Å². The number of carbonyl (C=O) groups excluding carboxylic acids is 2. The van der Waals surface area contributed by atoms with E-state index < -0.39 is 0 Å². The number of amides is 2. The molecule has 2 aromatic carbocycles. The lowest BCUT2D eigenvalue weighted by molar-refractivity contribution is 0.0728. The highest BCUT2D eigenvalue weighted by molar-refractivity contribution is 5.96. The highest BCUT2D eigenvalue weighted by atomic mass is 16.5. The smallest absolute Gasteiger partial charge is 0.254 e. The zero-order valence-electron chi connectivity index (χ0n) is 18.1. The van der Waals surface area contributed by atoms with Gasteiger partial charge in [0.1, 0.15) is 0 Å². The summed E-state index contributed by atoms with van der Waals surface area (Å²) in [5, 5.41) is 2.99. The molecule has 2 aliphatic carbocycles. The first-order valence-corrected chi connectivity index (χ1v) is 10.5. The average Bonchev–Trinajstić information content (AvgIpc) is 3.71. The van der Waals surface area contributed by atoms with Crippen LogP contribution in [0.1, 0.15) is 52.0 Å². The minimum absolute atomic E-state index is 0.0402. The molecule has 0 aromatic heterocycles. The number of benzene rings is 2. The highest BCUT2D eigenvalue weighted by Crippen LogP contribution is 2.39. The molecule has 2 aromatic rings. The van der Waals surface area contributed by atoms with Gasteiger partial charge in [0.2, 0.25) is 5.75 Å². The van der Waals surface area contributed by atoms with Crippen LogP contribution >= 0.6 is 0 Å². The summed E-state index contributed by atoms with van der Waals surface area (Å²) in [6, 6.07) is 11.4. The fourth-order valence-corrected chi connectivity index (χ4v) is 3.58. The molecule has 0 aliphatic heterocycles. The second-order valence-corrected chi connectivity index (χ2v) is 8.02. The molecule has 2 saturated carbocycles. The summed E-state index contributed by atoms with van der Waals surface area (Å²) in [5.74, 6) is 1.23. The Balaban J connectivity index is 1.52. The van der Waals surface area contributed by atoms with Crippen molar-refractivity contribution >= 4 is 11.8 Å². The van der Waals surface area contributed by atoms with Crippen LogP contribution in [0.5, 0.6) is 17.2 Å². The van der Waals surface area contributed by atoms with E-state index in [1.54, 1.807) is 12.1 Å². The third-order valence-corrected chi connectivity index (χ3v) is 5.64. The molecule has 0 saturated heterocycles. The lowest BCUT2D eigenvalue weighted by Gasteiger charge is -2.24. The summed E-state index contributed by atoms with van der Waals surface area (Å²) in [6.45, 7) is 0.477. The molecule has 4 rings (SSSR count). The van der Waals surface area contributed by atoms with Crippen LogP contribution in [0.25, 0.3) is 0 Å². The van der Waals surface area contributed by atoms with Crippen molar-refractivity contribution in [3.63, 3.8) is 0 Å². The fraction of sp³-hybridized carbons (Fsp3) is 0.417. The van der Waals surface area contributed by atoms with Gasteiger partial charge in [-0.05, 0) is 55.5 Å². The molecule has 31 heavy (non-hydrogen) atoms. The van der Waals surface area contributed by atoms with Gasteiger partial charge in [0.05, 0.1) is 21.3 Å². The predicted molar refractivity (Wildman–Crippen MR) is 116 cm³/mol. The maximum absolute atomic E-state index is 13.4. The molecule has 2 amide bonds. The molecule has 2 aliphatic rings. The van der Waals surface area contributed by atoms with Gasteiger partial charge >= 0.3 is 0 Å². The molecular formula is C24H28N2O5. The average molecular weight is 424 g/mol. The zero-order valence-corrected chi connectivity index (χ0v) is 18.1. The van der Waals surface area contributed by atoms with E-state index in [1.165, 1.54) is 21.3 Å². The van der Waals surface area contributed by atoms with E-state index >= 15 is 0 Å². The van der Waals surface area contributed by atoms with Gasteiger partial charge < -0.3 is 24.4 Å². The molecular weight excluding hydrogens is 396 g/mol. The third kappa shape index (κ3) is 4.76. The van der Waals surface area contributed by atoms with Gasteiger partial charge in [-0.25, -0.2) is 0 Å². The van der Waals surface area contributed by atoms with Crippen LogP contribution in [0.4, 0.5) is 0 Å². The van der Waals surface area contributed by atoms with Gasteiger partial charge in [-0.1, -0.05) is 12.1 Å². The SMILES string of the molecule is COc1cc(C(=O)N(Cc2ccc(C(=O)NC3CC3)cc2)C2CC2)cc(OC)c1OC. The Morgan fingerprint density at radius 2 is 1.52 bits per heavy atom. The topological polar surface area (TPSA) is 77.1 Å². The van der Waals surface area contributed by atoms with Crippen LogP contribution < -0.4 is 19.5 Å². The number of hydrogen-bond donors (Lipinski definition) is 1. The van der Waals surface area contributed by atoms with E-state index in [1.807, 2.05) is 29.2 Å². The van der Waals surface area contributed by atoms with Crippen LogP contribution in [0.2, 0.25) is 0 Å². The standard InChI is InChI=1S/C24H28N2O5/c1-29-20-12-17(13-21(30-2)22(20)31-3)24(28)26(19-10-11-19)14-15-4-6-16(7-5-15)23(27)25-18-8-9-18/h4-7,12-13,18-19H,8-11,14H2,1-3H3,(H,25,27). The van der Waals surface area contributed by atoms with Crippen molar-refractivity contribution < 1.29 is 23.8 Å². The first kappa shape index (κ1) is 21.0. The number of rotatable bonds is 9. The molecule has 0 heterocycles. The lowest BCUT2D eigenvalue weighted by atomic mass is 10.1. The van der Waals surface area contributed by atoms with Crippen molar-refractivity contribution in [1.82, 2.24) is 10.2 Å². The first-order valence-electron chi connectivity index (χ1n) is 10.5. The van der Waals surface area contributed by atoms with E-state index in [2.05, 4.69) is 5.32 Å². The Labute approximate surface area is 182 Å². The van der Waals surface area contributed by atoms with E-state index in [9.17, 15) is 9.59 Å². The van der Waals surface area contributed by atoms with E-state index in [0.29, 0.717) is 41.0 Å². The number of hydrogen-bond acceptors (Lipinski definition) is 5. The molecule has 1 N–H and O–H groups in total. The van der Waals surface area contributed by atoms with Crippen LogP contribution in [-0.4, -0.2) is 50.1 Å². The highest BCUT2D eigenvalue weighted by Gasteiger charge is 2.34. The minimum Gasteiger partial charge on any atom is -0.493 e. The van der Waals surface area contributed by atoms with E-state index in [4.69, 9.17) is 14.2 Å². The molecule has 164 valence electrons. The zero-order chi connectivity index (χ0) is 22.0. The minimum atomic E-state index is -0.0858. The maximum Gasteiger partial charge on any atom is 0.254 e. The van der Waals surface area contributed by atoms with Gasteiger partial charge in [-0.3, -0.25) is 9.59 Å². The molecule has 7 heteroatoms.